The van der Waals surface area contributed by atoms with E-state index >= 15 is 0 Å². The van der Waals surface area contributed by atoms with Gasteiger partial charge in [0.1, 0.15) is 0 Å². The van der Waals surface area contributed by atoms with Gasteiger partial charge < -0.3 is 10.6 Å². The summed E-state index contributed by atoms with van der Waals surface area (Å²) in [6, 6.07) is 0. The van der Waals surface area contributed by atoms with Crippen LogP contribution in [-0.4, -0.2) is 13.1 Å². The Morgan fingerprint density at radius 1 is 1.20 bits per heavy atom. The average molecular weight is 208 g/mol. The van der Waals surface area contributed by atoms with E-state index in [1.807, 2.05) is 12.4 Å². The number of nitrogens with one attached hydrogen (secondary N) is 2. The number of hydrogen-bond donors (Lipinski definition) is 2. The van der Waals surface area contributed by atoms with E-state index in [-0.39, 0.29) is 5.41 Å². The molecule has 0 rings (SSSR count). The number of hydrogen-bond acceptors (Lipinski definition) is 4. The molecule has 0 fully saturated rings. The lowest BCUT2D eigenvalue weighted by molar-refractivity contribution is 0.267. The van der Waals surface area contributed by atoms with Gasteiger partial charge in [0, 0.05) is 13.1 Å². The number of nitrogens with zero attached hydrogens (tertiary/aromatic N) is 2. The van der Waals surface area contributed by atoms with Crippen LogP contribution in [0.5, 0.6) is 0 Å². The maximum absolute atomic E-state index is 8.43. The molecular formula is C11H20N4. The molecule has 0 aliphatic heterocycles. The van der Waals surface area contributed by atoms with Crippen LogP contribution in [0.25, 0.3) is 0 Å². The first-order valence-electron chi connectivity index (χ1n) is 5.26. The maximum atomic E-state index is 8.43. The SMILES string of the molecule is CC(CCNC#N)CC(C)(C)CNC#N. The van der Waals surface area contributed by atoms with Crippen molar-refractivity contribution in [3.63, 3.8) is 0 Å². The Morgan fingerprint density at radius 3 is 2.33 bits per heavy atom. The van der Waals surface area contributed by atoms with E-state index < -0.39 is 0 Å². The molecule has 0 aromatic carbocycles. The van der Waals surface area contributed by atoms with E-state index in [0.717, 1.165) is 19.4 Å². The molecule has 0 aromatic heterocycles. The fourth-order valence-electron chi connectivity index (χ4n) is 1.77. The Kier molecular flexibility index (Phi) is 6.29. The Labute approximate surface area is 92.3 Å². The molecule has 4 nitrogen and oxygen atoms in total. The first kappa shape index (κ1) is 13.6. The topological polar surface area (TPSA) is 71.6 Å². The number of nitriles is 2. The Balaban J connectivity index is 3.79. The molecule has 0 spiro atoms. The summed E-state index contributed by atoms with van der Waals surface area (Å²) in [7, 11) is 0. The minimum Gasteiger partial charge on any atom is -0.324 e. The Bertz CT molecular complexity index is 246. The summed E-state index contributed by atoms with van der Waals surface area (Å²) in [5, 5.41) is 22.1. The largest absolute Gasteiger partial charge is 0.324 e. The van der Waals surface area contributed by atoms with Gasteiger partial charge in [-0.25, -0.2) is 0 Å². The van der Waals surface area contributed by atoms with Gasteiger partial charge in [0.05, 0.1) is 0 Å². The summed E-state index contributed by atoms with van der Waals surface area (Å²) in [6.45, 7) is 7.91. The molecule has 15 heavy (non-hydrogen) atoms. The molecule has 84 valence electrons. The second-order valence-electron chi connectivity index (χ2n) is 4.77. The van der Waals surface area contributed by atoms with Crippen molar-refractivity contribution >= 4 is 0 Å². The number of rotatable bonds is 7. The fourth-order valence-corrected chi connectivity index (χ4v) is 1.77. The predicted octanol–water partition coefficient (Wildman–Crippen LogP) is 1.57. The highest BCUT2D eigenvalue weighted by Gasteiger charge is 2.20. The quantitative estimate of drug-likeness (QED) is 0.378. The van der Waals surface area contributed by atoms with E-state index in [0.29, 0.717) is 12.5 Å². The summed E-state index contributed by atoms with van der Waals surface area (Å²) in [5.74, 6) is 0.557. The van der Waals surface area contributed by atoms with Crippen LogP contribution in [0, 0.1) is 34.2 Å². The van der Waals surface area contributed by atoms with Crippen molar-refractivity contribution in [1.82, 2.24) is 10.6 Å². The van der Waals surface area contributed by atoms with Gasteiger partial charge in [0.2, 0.25) is 0 Å². The summed E-state index contributed by atoms with van der Waals surface area (Å²) >= 11 is 0. The molecule has 4 heteroatoms. The van der Waals surface area contributed by atoms with Gasteiger partial charge in [-0.2, -0.15) is 10.5 Å². The van der Waals surface area contributed by atoms with E-state index in [2.05, 4.69) is 31.4 Å². The van der Waals surface area contributed by atoms with E-state index in [4.69, 9.17) is 10.5 Å². The average Bonchev–Trinajstić information content (AvgIpc) is 2.14. The smallest absolute Gasteiger partial charge is 0.176 e. The second-order valence-corrected chi connectivity index (χ2v) is 4.77. The standard InChI is InChI=1S/C11H20N4/c1-10(4-5-14-8-12)6-11(2,3)7-15-9-13/h10,14-15H,4-7H2,1-3H3. The van der Waals surface area contributed by atoms with Crippen molar-refractivity contribution in [2.45, 2.75) is 33.6 Å². The van der Waals surface area contributed by atoms with E-state index in [1.165, 1.54) is 0 Å². The highest BCUT2D eigenvalue weighted by atomic mass is 14.9. The molecule has 1 atom stereocenters. The van der Waals surface area contributed by atoms with Crippen LogP contribution in [0.4, 0.5) is 0 Å². The lowest BCUT2D eigenvalue weighted by Crippen LogP contribution is -2.28. The van der Waals surface area contributed by atoms with Gasteiger partial charge in [-0.1, -0.05) is 20.8 Å². The van der Waals surface area contributed by atoms with Gasteiger partial charge in [-0.05, 0) is 24.2 Å². The molecule has 0 saturated carbocycles. The van der Waals surface area contributed by atoms with Crippen LogP contribution in [0.1, 0.15) is 33.6 Å². The first-order chi connectivity index (χ1) is 7.02. The molecule has 0 aliphatic rings. The minimum absolute atomic E-state index is 0.127. The van der Waals surface area contributed by atoms with Gasteiger partial charge in [0.25, 0.3) is 0 Å². The summed E-state index contributed by atoms with van der Waals surface area (Å²) in [4.78, 5) is 0. The first-order valence-corrected chi connectivity index (χ1v) is 5.26. The summed E-state index contributed by atoms with van der Waals surface area (Å²) in [5.41, 5.74) is 0.127. The molecular weight excluding hydrogens is 188 g/mol. The molecule has 0 radical (unpaired) electrons. The maximum Gasteiger partial charge on any atom is 0.176 e. The van der Waals surface area contributed by atoms with Gasteiger partial charge in [-0.3, -0.25) is 0 Å². The monoisotopic (exact) mass is 208 g/mol. The molecule has 0 aromatic rings. The second kappa shape index (κ2) is 6.95. The zero-order valence-corrected chi connectivity index (χ0v) is 9.80. The zero-order chi connectivity index (χ0) is 11.7. The third kappa shape index (κ3) is 7.64. The lowest BCUT2D eigenvalue weighted by atomic mass is 9.82. The molecule has 0 bridgehead atoms. The molecule has 1 unspecified atom stereocenters. The van der Waals surface area contributed by atoms with E-state index in [1.54, 1.807) is 0 Å². The van der Waals surface area contributed by atoms with Crippen LogP contribution >= 0.6 is 0 Å². The Morgan fingerprint density at radius 2 is 1.80 bits per heavy atom. The van der Waals surface area contributed by atoms with Crippen molar-refractivity contribution in [2.24, 2.45) is 11.3 Å². The van der Waals surface area contributed by atoms with Crippen LogP contribution in [0.3, 0.4) is 0 Å². The van der Waals surface area contributed by atoms with Crippen molar-refractivity contribution < 1.29 is 0 Å². The lowest BCUT2D eigenvalue weighted by Gasteiger charge is -2.27. The van der Waals surface area contributed by atoms with E-state index in [9.17, 15) is 0 Å². The van der Waals surface area contributed by atoms with Crippen molar-refractivity contribution in [3.05, 3.63) is 0 Å². The normalized spacial score (nSPS) is 12.3. The third-order valence-electron chi connectivity index (χ3n) is 2.39. The van der Waals surface area contributed by atoms with Gasteiger partial charge >= 0.3 is 0 Å². The summed E-state index contributed by atoms with van der Waals surface area (Å²) < 4.78 is 0. The van der Waals surface area contributed by atoms with Crippen molar-refractivity contribution in [3.8, 4) is 12.4 Å². The predicted molar refractivity (Wildman–Crippen MR) is 59.4 cm³/mol. The van der Waals surface area contributed by atoms with Crippen LogP contribution < -0.4 is 10.6 Å². The molecule has 0 aliphatic carbocycles. The molecule has 2 N–H and O–H groups in total. The molecule has 0 heterocycles. The molecule has 0 amide bonds. The van der Waals surface area contributed by atoms with Crippen LogP contribution in [-0.2, 0) is 0 Å². The van der Waals surface area contributed by atoms with Gasteiger partial charge in [-0.15, -0.1) is 0 Å². The highest BCUT2D eigenvalue weighted by Crippen LogP contribution is 2.25. The Hall–Kier alpha value is -1.42. The van der Waals surface area contributed by atoms with Crippen LogP contribution in [0.15, 0.2) is 0 Å². The van der Waals surface area contributed by atoms with Crippen molar-refractivity contribution in [1.29, 1.82) is 10.5 Å². The third-order valence-corrected chi connectivity index (χ3v) is 2.39. The minimum atomic E-state index is 0.127. The highest BCUT2D eigenvalue weighted by molar-refractivity contribution is 4.79. The fraction of sp³-hybridized carbons (Fsp3) is 0.818. The summed E-state index contributed by atoms with van der Waals surface area (Å²) in [6.07, 6.45) is 5.90. The van der Waals surface area contributed by atoms with Gasteiger partial charge in [0.15, 0.2) is 12.4 Å². The zero-order valence-electron chi connectivity index (χ0n) is 9.80. The molecule has 0 saturated heterocycles. The van der Waals surface area contributed by atoms with Crippen LogP contribution in [0.2, 0.25) is 0 Å². The van der Waals surface area contributed by atoms with Crippen molar-refractivity contribution in [2.75, 3.05) is 13.1 Å².